The first kappa shape index (κ1) is 39.2. The predicted octanol–water partition coefficient (Wildman–Crippen LogP) is 5.09. The van der Waals surface area contributed by atoms with E-state index >= 15 is 0 Å². The van der Waals surface area contributed by atoms with Gasteiger partial charge in [0, 0.05) is 41.7 Å². The number of hydrogen-bond acceptors (Lipinski definition) is 12. The minimum absolute atomic E-state index is 0.0350. The van der Waals surface area contributed by atoms with Crippen molar-refractivity contribution in [2.45, 2.75) is 65.5 Å². The number of phenols is 2. The van der Waals surface area contributed by atoms with Gasteiger partial charge in [-0.1, -0.05) is 33.8 Å². The molecule has 0 radical (unpaired) electrons. The van der Waals surface area contributed by atoms with E-state index in [1.165, 1.54) is 10.6 Å². The van der Waals surface area contributed by atoms with Crippen LogP contribution in [0.25, 0.3) is 33.7 Å². The first-order chi connectivity index (χ1) is 28.2. The number of anilines is 1. The summed E-state index contributed by atoms with van der Waals surface area (Å²) >= 11 is 0. The van der Waals surface area contributed by atoms with Crippen LogP contribution in [0, 0.1) is 11.3 Å². The third-order valence-electron chi connectivity index (χ3n) is 11.8. The van der Waals surface area contributed by atoms with Crippen LogP contribution in [0.4, 0.5) is 10.5 Å². The standard InChI is InChI=1S/C43H45N7O9/c1-6-26-28-16-25(12-13-31(28)46-36-30(26)20-49-32(36)18-35-42(5,38(49)53)21-58-39(54)43(35,57)7-2)59-41(56)45-15-14-44-23-8-10-24(11-9-23)50-37(47-48-40(50)55)29-17-27(22(3)4)33(51)19-34(29)52/h8-13,16-19,22,35,44,51-52,57H,6-7,14-15,20-21H2,1-5H3,(H,45,56)(H,48,55). The number of H-pyrrole nitrogens is 1. The van der Waals surface area contributed by atoms with Crippen molar-refractivity contribution in [3.63, 3.8) is 0 Å². The fourth-order valence-electron chi connectivity index (χ4n) is 8.55. The molecule has 3 aliphatic heterocycles. The molecule has 0 saturated carbocycles. The van der Waals surface area contributed by atoms with Crippen molar-refractivity contribution in [2.75, 3.05) is 25.0 Å². The normalized spacial score (nSPS) is 20.8. The quantitative estimate of drug-likeness (QED) is 0.0803. The average molecular weight is 804 g/mol. The first-order valence-corrected chi connectivity index (χ1v) is 19.6. The van der Waals surface area contributed by atoms with Gasteiger partial charge in [0.05, 0.1) is 40.1 Å². The lowest BCUT2D eigenvalue weighted by Crippen LogP contribution is -2.64. The summed E-state index contributed by atoms with van der Waals surface area (Å²) in [6, 6.07) is 15.0. The number of fused-ring (bicyclic) bond motifs is 5. The van der Waals surface area contributed by atoms with Crippen molar-refractivity contribution >= 4 is 40.3 Å². The molecule has 0 aliphatic carbocycles. The van der Waals surface area contributed by atoms with Gasteiger partial charge < -0.3 is 40.3 Å². The maximum Gasteiger partial charge on any atom is 0.412 e. The van der Waals surface area contributed by atoms with E-state index in [1.807, 2.05) is 26.8 Å². The van der Waals surface area contributed by atoms with E-state index in [4.69, 9.17) is 14.5 Å². The number of aryl methyl sites for hydroxylation is 1. The van der Waals surface area contributed by atoms with Crippen LogP contribution in [0.3, 0.4) is 0 Å². The number of aromatic nitrogens is 4. The summed E-state index contributed by atoms with van der Waals surface area (Å²) in [7, 11) is 0. The lowest BCUT2D eigenvalue weighted by atomic mass is 9.63. The zero-order valence-electron chi connectivity index (χ0n) is 33.3. The highest BCUT2D eigenvalue weighted by molar-refractivity contribution is 6.00. The molecule has 1 saturated heterocycles. The number of pyridine rings is 1. The van der Waals surface area contributed by atoms with Gasteiger partial charge in [0.2, 0.25) is 5.91 Å². The lowest BCUT2D eigenvalue weighted by Gasteiger charge is -2.50. The van der Waals surface area contributed by atoms with Crippen LogP contribution in [0.5, 0.6) is 17.2 Å². The third-order valence-corrected chi connectivity index (χ3v) is 11.8. The molecule has 5 aromatic rings. The number of benzene rings is 3. The van der Waals surface area contributed by atoms with Gasteiger partial charge in [0.1, 0.15) is 23.9 Å². The van der Waals surface area contributed by atoms with Crippen LogP contribution >= 0.6 is 0 Å². The van der Waals surface area contributed by atoms with Crippen LogP contribution in [0.1, 0.15) is 69.3 Å². The summed E-state index contributed by atoms with van der Waals surface area (Å²) in [5.74, 6) is -1.52. The molecule has 8 rings (SSSR count). The number of aromatic amines is 1. The molecule has 3 atom stereocenters. The third kappa shape index (κ3) is 6.43. The number of carbonyl (C=O) groups excluding carboxylic acids is 3. The Kier molecular flexibility index (Phi) is 9.69. The number of aromatic hydroxyl groups is 2. The van der Waals surface area contributed by atoms with Crippen molar-refractivity contribution in [1.29, 1.82) is 0 Å². The minimum Gasteiger partial charge on any atom is -0.508 e. The summed E-state index contributed by atoms with van der Waals surface area (Å²) in [5.41, 5.74) is 2.32. The molecule has 1 fully saturated rings. The Morgan fingerprint density at radius 1 is 1.05 bits per heavy atom. The Morgan fingerprint density at radius 3 is 2.53 bits per heavy atom. The Balaban J connectivity index is 0.923. The van der Waals surface area contributed by atoms with Crippen LogP contribution in [-0.4, -0.2) is 83.2 Å². The number of esters is 1. The largest absolute Gasteiger partial charge is 0.508 e. The molecule has 16 heteroatoms. The fourth-order valence-corrected chi connectivity index (χ4v) is 8.55. The lowest BCUT2D eigenvalue weighted by molar-refractivity contribution is -0.202. The van der Waals surface area contributed by atoms with Crippen LogP contribution in [0.15, 0.2) is 65.5 Å². The van der Waals surface area contributed by atoms with Gasteiger partial charge in [-0.25, -0.2) is 29.0 Å². The number of aliphatic hydroxyl groups is 1. The number of phenolic OH excluding ortho intramolecular Hbond substituents is 2. The second kappa shape index (κ2) is 14.6. The number of amides is 2. The maximum absolute atomic E-state index is 14.0. The topological polar surface area (TPSA) is 221 Å². The molecule has 2 aromatic heterocycles. The molecule has 5 heterocycles. The van der Waals surface area contributed by atoms with E-state index in [2.05, 4.69) is 20.8 Å². The molecule has 3 aromatic carbocycles. The minimum atomic E-state index is -1.83. The second-order valence-electron chi connectivity index (χ2n) is 15.7. The van der Waals surface area contributed by atoms with E-state index in [-0.39, 0.29) is 55.3 Å². The molecular formula is C43H45N7O9. The zero-order valence-corrected chi connectivity index (χ0v) is 33.3. The van der Waals surface area contributed by atoms with Crippen molar-refractivity contribution in [1.82, 2.24) is 30.0 Å². The number of nitrogens with one attached hydrogen (secondary N) is 3. The number of carbonyl (C=O) groups is 3. The summed E-state index contributed by atoms with van der Waals surface area (Å²) in [6.07, 6.45) is 1.87. The van der Waals surface area contributed by atoms with Crippen LogP contribution in [-0.2, 0) is 27.3 Å². The fraction of sp³-hybridized carbons (Fsp3) is 0.349. The van der Waals surface area contributed by atoms with Crippen LogP contribution in [0.2, 0.25) is 0 Å². The molecule has 6 N–H and O–H groups in total. The van der Waals surface area contributed by atoms with E-state index in [1.54, 1.807) is 67.3 Å². The highest BCUT2D eigenvalue weighted by Crippen LogP contribution is 2.52. The smallest absolute Gasteiger partial charge is 0.412 e. The summed E-state index contributed by atoms with van der Waals surface area (Å²) in [4.78, 5) is 59.0. The Labute approximate surface area is 338 Å². The molecule has 0 spiro atoms. The molecule has 3 unspecified atom stereocenters. The zero-order chi connectivity index (χ0) is 42.0. The Bertz CT molecular complexity index is 2630. The molecule has 2 amide bonds. The number of nitrogens with zero attached hydrogens (tertiary/aromatic N) is 4. The van der Waals surface area contributed by atoms with E-state index < -0.39 is 34.7 Å². The Hall–Kier alpha value is -6.68. The van der Waals surface area contributed by atoms with Gasteiger partial charge in [-0.3, -0.25) is 4.79 Å². The number of hydrogen-bond donors (Lipinski definition) is 6. The number of rotatable bonds is 10. The molecular weight excluding hydrogens is 759 g/mol. The summed E-state index contributed by atoms with van der Waals surface area (Å²) < 4.78 is 12.3. The maximum atomic E-state index is 14.0. The highest BCUT2D eigenvalue weighted by Gasteiger charge is 2.63. The van der Waals surface area contributed by atoms with Gasteiger partial charge in [-0.2, -0.15) is 5.10 Å². The van der Waals surface area contributed by atoms with Gasteiger partial charge in [0.15, 0.2) is 11.4 Å². The summed E-state index contributed by atoms with van der Waals surface area (Å²) in [6.45, 7) is 10.0. The van der Waals surface area contributed by atoms with Crippen molar-refractivity contribution in [3.8, 4) is 34.3 Å². The Morgan fingerprint density at radius 2 is 1.81 bits per heavy atom. The summed E-state index contributed by atoms with van der Waals surface area (Å²) in [5, 5.41) is 45.6. The first-order valence-electron chi connectivity index (χ1n) is 19.6. The van der Waals surface area contributed by atoms with Gasteiger partial charge in [0.25, 0.3) is 0 Å². The molecule has 306 valence electrons. The molecule has 59 heavy (non-hydrogen) atoms. The van der Waals surface area contributed by atoms with Crippen molar-refractivity contribution < 1.29 is 39.2 Å². The number of ether oxygens (including phenoxy) is 2. The van der Waals surface area contributed by atoms with E-state index in [9.17, 15) is 34.5 Å². The average Bonchev–Trinajstić information content (AvgIpc) is 3.78. The van der Waals surface area contributed by atoms with Gasteiger partial charge in [-0.05, 0) is 85.3 Å². The van der Waals surface area contributed by atoms with Gasteiger partial charge >= 0.3 is 17.8 Å². The molecule has 0 bridgehead atoms. The molecule has 16 nitrogen and oxygen atoms in total. The van der Waals surface area contributed by atoms with E-state index in [0.29, 0.717) is 52.4 Å². The number of cyclic esters (lactones) is 1. The SMILES string of the molecule is CCc1c2c(nc3ccc(OC(=O)NCCNc4ccc(-n5c(-c6cc(C(C)C)c(O)cc6O)n[nH]c5=O)cc4)cc13)C1=CC3C(C)(COC(=O)C3(O)CC)C(=O)N1C2. The van der Waals surface area contributed by atoms with E-state index in [0.717, 1.165) is 22.2 Å². The van der Waals surface area contributed by atoms with Crippen molar-refractivity contribution in [2.24, 2.45) is 11.3 Å². The monoisotopic (exact) mass is 803 g/mol. The van der Waals surface area contributed by atoms with Crippen molar-refractivity contribution in [3.05, 3.63) is 93.5 Å². The van der Waals surface area contributed by atoms with Gasteiger partial charge in [-0.15, -0.1) is 0 Å². The molecule has 3 aliphatic rings. The predicted molar refractivity (Wildman–Crippen MR) is 217 cm³/mol. The highest BCUT2D eigenvalue weighted by atomic mass is 16.6. The second-order valence-corrected chi connectivity index (χ2v) is 15.7. The van der Waals surface area contributed by atoms with Crippen LogP contribution < -0.4 is 21.1 Å².